The molecule has 4 nitrogen and oxygen atoms in total. The van der Waals surface area contributed by atoms with E-state index in [1.165, 1.54) is 18.6 Å². The van der Waals surface area contributed by atoms with Crippen molar-refractivity contribution >= 4 is 33.6 Å². The fourth-order valence-electron chi connectivity index (χ4n) is 2.32. The van der Waals surface area contributed by atoms with Gasteiger partial charge in [-0.1, -0.05) is 0 Å². The molecule has 0 spiro atoms. The largest absolute Gasteiger partial charge is 0.351 e. The first-order valence-electron chi connectivity index (χ1n) is 7.30. The van der Waals surface area contributed by atoms with Gasteiger partial charge in [-0.15, -0.1) is 0 Å². The molecule has 1 saturated carbocycles. The van der Waals surface area contributed by atoms with Crippen LogP contribution in [0.3, 0.4) is 0 Å². The SMILES string of the molecule is CSCC1(CCNC(=O)c2nn(C(C)(C)C)cc2Br)CC1. The number of amides is 1. The van der Waals surface area contributed by atoms with E-state index < -0.39 is 0 Å². The summed E-state index contributed by atoms with van der Waals surface area (Å²) in [7, 11) is 0. The second-order valence-electron chi connectivity index (χ2n) is 6.88. The summed E-state index contributed by atoms with van der Waals surface area (Å²) in [6.45, 7) is 6.92. The van der Waals surface area contributed by atoms with Gasteiger partial charge in [0.15, 0.2) is 5.69 Å². The molecule has 0 unspecified atom stereocenters. The molecule has 1 aliphatic carbocycles. The Labute approximate surface area is 139 Å². The molecule has 0 radical (unpaired) electrons. The molecule has 1 heterocycles. The third kappa shape index (κ3) is 4.25. The van der Waals surface area contributed by atoms with Gasteiger partial charge in [0, 0.05) is 12.7 Å². The molecule has 0 atom stereocenters. The predicted molar refractivity (Wildman–Crippen MR) is 91.9 cm³/mol. The minimum absolute atomic E-state index is 0.0928. The van der Waals surface area contributed by atoms with Gasteiger partial charge < -0.3 is 5.32 Å². The van der Waals surface area contributed by atoms with Gasteiger partial charge in [0.25, 0.3) is 5.91 Å². The van der Waals surface area contributed by atoms with Crippen molar-refractivity contribution < 1.29 is 4.79 Å². The normalized spacial score (nSPS) is 16.8. The second kappa shape index (κ2) is 6.32. The summed E-state index contributed by atoms with van der Waals surface area (Å²) in [6, 6.07) is 0. The van der Waals surface area contributed by atoms with Crippen molar-refractivity contribution in [1.29, 1.82) is 0 Å². The van der Waals surface area contributed by atoms with E-state index in [4.69, 9.17) is 0 Å². The minimum Gasteiger partial charge on any atom is -0.351 e. The van der Waals surface area contributed by atoms with Crippen LogP contribution >= 0.6 is 27.7 Å². The molecule has 1 N–H and O–H groups in total. The molecule has 1 fully saturated rings. The number of thioether (sulfide) groups is 1. The van der Waals surface area contributed by atoms with Crippen LogP contribution in [0.5, 0.6) is 0 Å². The summed E-state index contributed by atoms with van der Waals surface area (Å²) in [5.74, 6) is 1.11. The van der Waals surface area contributed by atoms with Crippen LogP contribution in [0.15, 0.2) is 10.7 Å². The number of hydrogen-bond acceptors (Lipinski definition) is 3. The zero-order chi connectivity index (χ0) is 15.7. The van der Waals surface area contributed by atoms with Crippen LogP contribution in [0, 0.1) is 5.41 Å². The highest BCUT2D eigenvalue weighted by Gasteiger charge is 2.41. The van der Waals surface area contributed by atoms with Gasteiger partial charge >= 0.3 is 0 Å². The van der Waals surface area contributed by atoms with Crippen LogP contribution in [0.4, 0.5) is 0 Å². The molecule has 21 heavy (non-hydrogen) atoms. The highest BCUT2D eigenvalue weighted by atomic mass is 79.9. The molecule has 1 aromatic rings. The Hall–Kier alpha value is -0.490. The van der Waals surface area contributed by atoms with E-state index in [-0.39, 0.29) is 11.4 Å². The number of carbonyl (C=O) groups excluding carboxylic acids is 1. The van der Waals surface area contributed by atoms with Crippen LogP contribution in [0.1, 0.15) is 50.5 Å². The van der Waals surface area contributed by atoms with Crippen molar-refractivity contribution in [3.63, 3.8) is 0 Å². The Morgan fingerprint density at radius 3 is 2.67 bits per heavy atom. The zero-order valence-corrected chi connectivity index (χ0v) is 15.6. The molecule has 0 aromatic carbocycles. The first-order chi connectivity index (χ1) is 9.77. The lowest BCUT2D eigenvalue weighted by Gasteiger charge is -2.18. The molecular weight excluding hydrogens is 350 g/mol. The third-order valence-electron chi connectivity index (χ3n) is 3.92. The van der Waals surface area contributed by atoms with E-state index in [1.54, 1.807) is 0 Å². The Bertz CT molecular complexity index is 517. The van der Waals surface area contributed by atoms with Crippen molar-refractivity contribution in [3.05, 3.63) is 16.4 Å². The number of nitrogens with zero attached hydrogens (tertiary/aromatic N) is 2. The smallest absolute Gasteiger partial charge is 0.272 e. The Morgan fingerprint density at radius 2 is 2.19 bits per heavy atom. The summed E-state index contributed by atoms with van der Waals surface area (Å²) >= 11 is 5.33. The number of rotatable bonds is 6. The van der Waals surface area contributed by atoms with E-state index in [0.29, 0.717) is 11.1 Å². The summed E-state index contributed by atoms with van der Waals surface area (Å²) in [5.41, 5.74) is 0.825. The second-order valence-corrected chi connectivity index (χ2v) is 8.60. The van der Waals surface area contributed by atoms with Crippen molar-refractivity contribution in [2.45, 2.75) is 45.6 Å². The van der Waals surface area contributed by atoms with Crippen LogP contribution in [0.25, 0.3) is 0 Å². The van der Waals surface area contributed by atoms with Gasteiger partial charge in [-0.3, -0.25) is 9.48 Å². The fraction of sp³-hybridized carbons (Fsp3) is 0.733. The average Bonchev–Trinajstić information content (AvgIpc) is 3.00. The van der Waals surface area contributed by atoms with Crippen LogP contribution in [-0.2, 0) is 5.54 Å². The monoisotopic (exact) mass is 373 g/mol. The average molecular weight is 374 g/mol. The van der Waals surface area contributed by atoms with E-state index >= 15 is 0 Å². The van der Waals surface area contributed by atoms with Gasteiger partial charge in [-0.2, -0.15) is 16.9 Å². The highest BCUT2D eigenvalue weighted by Crippen LogP contribution is 2.50. The maximum Gasteiger partial charge on any atom is 0.272 e. The highest BCUT2D eigenvalue weighted by molar-refractivity contribution is 9.10. The molecule has 118 valence electrons. The standard InChI is InChI=1S/C15H24BrN3OS/c1-14(2,3)19-9-11(16)12(18-19)13(20)17-8-7-15(5-6-15)10-21-4/h9H,5-8,10H2,1-4H3,(H,17,20). The molecule has 0 saturated heterocycles. The van der Waals surface area contributed by atoms with E-state index in [2.05, 4.69) is 53.4 Å². The number of halogens is 1. The molecule has 0 bridgehead atoms. The predicted octanol–water partition coefficient (Wildman–Crippen LogP) is 3.66. The van der Waals surface area contributed by atoms with E-state index in [0.717, 1.165) is 17.4 Å². The maximum atomic E-state index is 12.2. The number of nitrogens with one attached hydrogen (secondary N) is 1. The first-order valence-corrected chi connectivity index (χ1v) is 9.49. The molecule has 6 heteroatoms. The topological polar surface area (TPSA) is 46.9 Å². The molecular formula is C15H24BrN3OS. The van der Waals surface area contributed by atoms with Gasteiger partial charge in [-0.05, 0) is 73.4 Å². The van der Waals surface area contributed by atoms with Gasteiger partial charge in [-0.25, -0.2) is 0 Å². The minimum atomic E-state index is -0.128. The van der Waals surface area contributed by atoms with Crippen molar-refractivity contribution in [3.8, 4) is 0 Å². The van der Waals surface area contributed by atoms with Gasteiger partial charge in [0.2, 0.25) is 0 Å². The van der Waals surface area contributed by atoms with Crippen molar-refractivity contribution in [1.82, 2.24) is 15.1 Å². The fourth-order valence-corrected chi connectivity index (χ4v) is 3.82. The van der Waals surface area contributed by atoms with Gasteiger partial charge in [0.05, 0.1) is 10.0 Å². The first kappa shape index (κ1) is 16.9. The molecule has 1 aliphatic rings. The van der Waals surface area contributed by atoms with Crippen molar-refractivity contribution in [2.75, 3.05) is 18.6 Å². The maximum absolute atomic E-state index is 12.2. The molecule has 1 amide bonds. The van der Waals surface area contributed by atoms with Crippen molar-refractivity contribution in [2.24, 2.45) is 5.41 Å². The Kier molecular flexibility index (Phi) is 5.08. The zero-order valence-electron chi connectivity index (χ0n) is 13.2. The summed E-state index contributed by atoms with van der Waals surface area (Å²) in [6.07, 6.45) is 7.68. The van der Waals surface area contributed by atoms with Crippen LogP contribution in [-0.4, -0.2) is 34.2 Å². The van der Waals surface area contributed by atoms with E-state index in [1.807, 2.05) is 22.6 Å². The van der Waals surface area contributed by atoms with Crippen LogP contribution < -0.4 is 5.32 Å². The number of carbonyl (C=O) groups is 1. The Morgan fingerprint density at radius 1 is 1.52 bits per heavy atom. The lowest BCUT2D eigenvalue weighted by molar-refractivity contribution is 0.0944. The Balaban J connectivity index is 1.90. The summed E-state index contributed by atoms with van der Waals surface area (Å²) in [5, 5.41) is 7.41. The van der Waals surface area contributed by atoms with Crippen LogP contribution in [0.2, 0.25) is 0 Å². The quantitative estimate of drug-likeness (QED) is 0.827. The summed E-state index contributed by atoms with van der Waals surface area (Å²) < 4.78 is 2.57. The lowest BCUT2D eigenvalue weighted by atomic mass is 10.1. The third-order valence-corrected chi connectivity index (χ3v) is 5.40. The lowest BCUT2D eigenvalue weighted by Crippen LogP contribution is -2.28. The number of aromatic nitrogens is 2. The molecule has 2 rings (SSSR count). The summed E-state index contributed by atoms with van der Waals surface area (Å²) in [4.78, 5) is 12.2. The van der Waals surface area contributed by atoms with Gasteiger partial charge in [0.1, 0.15) is 0 Å². The molecule has 1 aromatic heterocycles. The molecule has 0 aliphatic heterocycles. The number of hydrogen-bond donors (Lipinski definition) is 1. The van der Waals surface area contributed by atoms with E-state index in [9.17, 15) is 4.79 Å².